The summed E-state index contributed by atoms with van der Waals surface area (Å²) in [4.78, 5) is 22.0. The van der Waals surface area contributed by atoms with Crippen molar-refractivity contribution in [3.63, 3.8) is 0 Å². The summed E-state index contributed by atoms with van der Waals surface area (Å²) in [5, 5.41) is 11.7. The number of aryl methyl sites for hydroxylation is 2. The summed E-state index contributed by atoms with van der Waals surface area (Å²) in [5.41, 5.74) is 3.76. The van der Waals surface area contributed by atoms with Crippen molar-refractivity contribution in [3.05, 3.63) is 35.1 Å². The minimum Gasteiger partial charge on any atom is -0.480 e. The van der Waals surface area contributed by atoms with E-state index in [-0.39, 0.29) is 18.9 Å². The lowest BCUT2D eigenvalue weighted by atomic mass is 10.0. The van der Waals surface area contributed by atoms with Crippen LogP contribution in [-0.2, 0) is 16.0 Å². The van der Waals surface area contributed by atoms with Gasteiger partial charge < -0.3 is 14.8 Å². The third kappa shape index (κ3) is 2.93. The Kier molecular flexibility index (Phi) is 3.55. The largest absolute Gasteiger partial charge is 0.480 e. The number of hydrogen-bond acceptors (Lipinski definition) is 3. The van der Waals surface area contributed by atoms with E-state index in [1.165, 1.54) is 0 Å². The smallest absolute Gasteiger partial charge is 0.322 e. The molecule has 19 heavy (non-hydrogen) atoms. The average Bonchev–Trinajstić information content (AvgIpc) is 2.70. The van der Waals surface area contributed by atoms with Crippen LogP contribution < -0.4 is 5.32 Å². The topological polar surface area (TPSA) is 79.5 Å². The van der Waals surface area contributed by atoms with E-state index in [0.717, 1.165) is 27.7 Å². The Hall–Kier alpha value is -2.30. The molecule has 1 aromatic carbocycles. The van der Waals surface area contributed by atoms with Crippen LogP contribution in [0.25, 0.3) is 11.0 Å². The second kappa shape index (κ2) is 5.14. The summed E-state index contributed by atoms with van der Waals surface area (Å²) >= 11 is 0. The highest BCUT2D eigenvalue weighted by molar-refractivity contribution is 5.89. The van der Waals surface area contributed by atoms with Crippen LogP contribution in [0.5, 0.6) is 0 Å². The fourth-order valence-corrected chi connectivity index (χ4v) is 1.88. The fourth-order valence-electron chi connectivity index (χ4n) is 1.88. The van der Waals surface area contributed by atoms with Crippen molar-refractivity contribution in [2.45, 2.75) is 20.3 Å². The van der Waals surface area contributed by atoms with Crippen LogP contribution in [0.3, 0.4) is 0 Å². The molecule has 2 N–H and O–H groups in total. The van der Waals surface area contributed by atoms with Crippen LogP contribution in [0, 0.1) is 13.8 Å². The summed E-state index contributed by atoms with van der Waals surface area (Å²) in [6, 6.07) is 3.91. The molecule has 1 amide bonds. The van der Waals surface area contributed by atoms with Gasteiger partial charge in [-0.25, -0.2) is 0 Å². The summed E-state index contributed by atoms with van der Waals surface area (Å²) in [6.45, 7) is 3.62. The highest BCUT2D eigenvalue weighted by Gasteiger charge is 2.12. The standard InChI is InChI=1S/C14H15NO4/c1-8-3-11-10(5-13(16)15-6-14(17)18)7-19-12(11)4-9(8)2/h3-4,7H,5-6H2,1-2H3,(H,15,16)(H,17,18). The van der Waals surface area contributed by atoms with E-state index < -0.39 is 5.97 Å². The first-order valence-electron chi connectivity index (χ1n) is 5.93. The van der Waals surface area contributed by atoms with Gasteiger partial charge >= 0.3 is 5.97 Å². The van der Waals surface area contributed by atoms with Gasteiger partial charge in [0.05, 0.1) is 12.7 Å². The van der Waals surface area contributed by atoms with Gasteiger partial charge in [-0.3, -0.25) is 9.59 Å². The molecule has 1 aromatic heterocycles. The molecular weight excluding hydrogens is 246 g/mol. The van der Waals surface area contributed by atoms with Crippen LogP contribution in [-0.4, -0.2) is 23.5 Å². The molecule has 0 fully saturated rings. The maximum Gasteiger partial charge on any atom is 0.322 e. The maximum atomic E-state index is 11.6. The lowest BCUT2D eigenvalue weighted by Gasteiger charge is -2.02. The average molecular weight is 261 g/mol. The molecule has 0 spiro atoms. The molecule has 1 heterocycles. The molecule has 0 aliphatic carbocycles. The van der Waals surface area contributed by atoms with Gasteiger partial charge in [-0.2, -0.15) is 0 Å². The fraction of sp³-hybridized carbons (Fsp3) is 0.286. The Morgan fingerprint density at radius 3 is 2.63 bits per heavy atom. The van der Waals surface area contributed by atoms with Crippen LogP contribution in [0.2, 0.25) is 0 Å². The van der Waals surface area contributed by atoms with Gasteiger partial charge in [0.2, 0.25) is 5.91 Å². The molecule has 5 heteroatoms. The van der Waals surface area contributed by atoms with E-state index in [2.05, 4.69) is 5.32 Å². The number of carboxylic acids is 1. The lowest BCUT2D eigenvalue weighted by Crippen LogP contribution is -2.30. The number of nitrogens with one attached hydrogen (secondary N) is 1. The predicted octanol–water partition coefficient (Wildman–Crippen LogP) is 1.79. The molecule has 0 radical (unpaired) electrons. The Morgan fingerprint density at radius 1 is 1.26 bits per heavy atom. The van der Waals surface area contributed by atoms with Crippen molar-refractivity contribution in [2.75, 3.05) is 6.54 Å². The zero-order valence-electron chi connectivity index (χ0n) is 10.8. The Balaban J connectivity index is 2.19. The van der Waals surface area contributed by atoms with Gasteiger partial charge in [0, 0.05) is 10.9 Å². The van der Waals surface area contributed by atoms with Gasteiger partial charge in [0.25, 0.3) is 0 Å². The summed E-state index contributed by atoms with van der Waals surface area (Å²) in [7, 11) is 0. The van der Waals surface area contributed by atoms with Crippen LogP contribution in [0.1, 0.15) is 16.7 Å². The lowest BCUT2D eigenvalue weighted by molar-refractivity contribution is -0.137. The van der Waals surface area contributed by atoms with Crippen LogP contribution >= 0.6 is 0 Å². The predicted molar refractivity (Wildman–Crippen MR) is 70.0 cm³/mol. The van der Waals surface area contributed by atoms with E-state index in [0.29, 0.717) is 0 Å². The number of carboxylic acid groups (broad SMARTS) is 1. The zero-order chi connectivity index (χ0) is 14.0. The third-order valence-electron chi connectivity index (χ3n) is 3.06. The molecule has 0 atom stereocenters. The molecule has 0 bridgehead atoms. The molecule has 0 unspecified atom stereocenters. The summed E-state index contributed by atoms with van der Waals surface area (Å²) < 4.78 is 5.42. The van der Waals surface area contributed by atoms with Crippen molar-refractivity contribution in [1.29, 1.82) is 0 Å². The number of rotatable bonds is 4. The molecular formula is C14H15NO4. The number of benzene rings is 1. The molecule has 0 aliphatic heterocycles. The van der Waals surface area contributed by atoms with Crippen LogP contribution in [0.15, 0.2) is 22.8 Å². The van der Waals surface area contributed by atoms with Crippen molar-refractivity contribution in [1.82, 2.24) is 5.32 Å². The molecule has 5 nitrogen and oxygen atoms in total. The highest BCUT2D eigenvalue weighted by Crippen LogP contribution is 2.25. The summed E-state index contributed by atoms with van der Waals surface area (Å²) in [6.07, 6.45) is 1.66. The molecule has 0 aliphatic rings. The highest BCUT2D eigenvalue weighted by atomic mass is 16.4. The maximum absolute atomic E-state index is 11.6. The van der Waals surface area contributed by atoms with Crippen molar-refractivity contribution < 1.29 is 19.1 Å². The Bertz CT molecular complexity index is 642. The van der Waals surface area contributed by atoms with E-state index in [1.54, 1.807) is 6.26 Å². The van der Waals surface area contributed by atoms with Gasteiger partial charge in [-0.1, -0.05) is 0 Å². The molecule has 0 saturated carbocycles. The number of amides is 1. The van der Waals surface area contributed by atoms with Crippen molar-refractivity contribution >= 4 is 22.8 Å². The van der Waals surface area contributed by atoms with Crippen molar-refractivity contribution in [2.24, 2.45) is 0 Å². The number of fused-ring (bicyclic) bond motifs is 1. The monoisotopic (exact) mass is 261 g/mol. The molecule has 2 aromatic rings. The minimum atomic E-state index is -1.06. The number of carbonyl (C=O) groups excluding carboxylic acids is 1. The summed E-state index contributed by atoms with van der Waals surface area (Å²) in [5.74, 6) is -1.39. The first-order chi connectivity index (χ1) is 8.97. The normalized spacial score (nSPS) is 10.6. The minimum absolute atomic E-state index is 0.114. The third-order valence-corrected chi connectivity index (χ3v) is 3.06. The van der Waals surface area contributed by atoms with E-state index in [9.17, 15) is 9.59 Å². The number of carbonyl (C=O) groups is 2. The van der Waals surface area contributed by atoms with Gasteiger partial charge in [-0.15, -0.1) is 0 Å². The molecule has 100 valence electrons. The second-order valence-electron chi connectivity index (χ2n) is 4.54. The first kappa shape index (κ1) is 13.1. The SMILES string of the molecule is Cc1cc2occ(CC(=O)NCC(=O)O)c2cc1C. The van der Waals surface area contributed by atoms with E-state index in [1.807, 2.05) is 26.0 Å². The van der Waals surface area contributed by atoms with Gasteiger partial charge in [-0.05, 0) is 37.1 Å². The molecule has 2 rings (SSSR count). The van der Waals surface area contributed by atoms with Gasteiger partial charge in [0.1, 0.15) is 12.1 Å². The van der Waals surface area contributed by atoms with Gasteiger partial charge in [0.15, 0.2) is 0 Å². The Morgan fingerprint density at radius 2 is 1.95 bits per heavy atom. The number of hydrogen-bond donors (Lipinski definition) is 2. The van der Waals surface area contributed by atoms with Crippen molar-refractivity contribution in [3.8, 4) is 0 Å². The first-order valence-corrected chi connectivity index (χ1v) is 5.93. The number of furan rings is 1. The number of aliphatic carboxylic acids is 1. The second-order valence-corrected chi connectivity index (χ2v) is 4.54. The van der Waals surface area contributed by atoms with E-state index >= 15 is 0 Å². The van der Waals surface area contributed by atoms with E-state index in [4.69, 9.17) is 9.52 Å². The molecule has 0 saturated heterocycles. The quantitative estimate of drug-likeness (QED) is 0.879. The Labute approximate surface area is 110 Å². The van der Waals surface area contributed by atoms with Crippen LogP contribution in [0.4, 0.5) is 0 Å². The zero-order valence-corrected chi connectivity index (χ0v) is 10.8.